The van der Waals surface area contributed by atoms with E-state index in [0.717, 1.165) is 29.6 Å². The zero-order valence-electron chi connectivity index (χ0n) is 11.2. The van der Waals surface area contributed by atoms with Crippen molar-refractivity contribution >= 4 is 22.1 Å². The molecule has 1 aromatic carbocycles. The van der Waals surface area contributed by atoms with E-state index in [0.29, 0.717) is 6.04 Å². The predicted molar refractivity (Wildman–Crippen MR) is 78.4 cm³/mol. The molecular weight excluding hydrogens is 238 g/mol. The Balaban J connectivity index is 2.05. The van der Waals surface area contributed by atoms with Gasteiger partial charge in [-0.3, -0.25) is 4.98 Å². The van der Waals surface area contributed by atoms with Gasteiger partial charge in [0.15, 0.2) is 0 Å². The molecule has 3 rings (SSSR count). The molecule has 1 heterocycles. The average Bonchev–Trinajstić information content (AvgIpc) is 3.26. The van der Waals surface area contributed by atoms with Gasteiger partial charge in [-0.1, -0.05) is 0 Å². The van der Waals surface area contributed by atoms with E-state index < -0.39 is 0 Å². The standard InChI is InChI=1S/C15H19N3O/c1-19-9-8-18(11-2-3-11)15-5-4-14(16)12-6-7-17-10-13(12)15/h4-7,10-11H,2-3,8-9,16H2,1H3. The maximum absolute atomic E-state index is 6.05. The molecule has 1 aromatic heterocycles. The van der Waals surface area contributed by atoms with Gasteiger partial charge in [0.05, 0.1) is 6.61 Å². The molecule has 1 fully saturated rings. The second-order valence-electron chi connectivity index (χ2n) is 5.01. The van der Waals surface area contributed by atoms with E-state index in [2.05, 4.69) is 16.0 Å². The highest BCUT2D eigenvalue weighted by Gasteiger charge is 2.29. The Labute approximate surface area is 113 Å². The molecular formula is C15H19N3O. The molecule has 1 saturated carbocycles. The molecule has 0 saturated heterocycles. The Morgan fingerprint density at radius 1 is 1.32 bits per heavy atom. The van der Waals surface area contributed by atoms with Crippen LogP contribution in [0.25, 0.3) is 10.8 Å². The first kappa shape index (κ1) is 12.2. The first-order valence-corrected chi connectivity index (χ1v) is 6.69. The Morgan fingerprint density at radius 2 is 2.16 bits per heavy atom. The molecule has 100 valence electrons. The molecule has 4 heteroatoms. The van der Waals surface area contributed by atoms with Gasteiger partial charge in [0.1, 0.15) is 0 Å². The normalized spacial score (nSPS) is 14.8. The second-order valence-corrected chi connectivity index (χ2v) is 5.01. The Morgan fingerprint density at radius 3 is 2.89 bits per heavy atom. The zero-order valence-corrected chi connectivity index (χ0v) is 11.2. The number of fused-ring (bicyclic) bond motifs is 1. The lowest BCUT2D eigenvalue weighted by molar-refractivity contribution is 0.205. The van der Waals surface area contributed by atoms with Crippen LogP contribution in [0.4, 0.5) is 11.4 Å². The number of anilines is 2. The number of methoxy groups -OCH3 is 1. The Hall–Kier alpha value is -1.81. The highest BCUT2D eigenvalue weighted by atomic mass is 16.5. The van der Waals surface area contributed by atoms with Crippen LogP contribution in [0.2, 0.25) is 0 Å². The van der Waals surface area contributed by atoms with Crippen molar-refractivity contribution in [3.8, 4) is 0 Å². The molecule has 0 spiro atoms. The molecule has 0 unspecified atom stereocenters. The minimum absolute atomic E-state index is 0.641. The van der Waals surface area contributed by atoms with E-state index in [9.17, 15) is 0 Å². The number of nitrogen functional groups attached to an aromatic ring is 1. The number of benzene rings is 1. The molecule has 1 aliphatic carbocycles. The third-order valence-electron chi connectivity index (χ3n) is 3.66. The number of aromatic nitrogens is 1. The van der Waals surface area contributed by atoms with Crippen LogP contribution < -0.4 is 10.6 Å². The summed E-state index contributed by atoms with van der Waals surface area (Å²) in [6.07, 6.45) is 6.22. The van der Waals surface area contributed by atoms with E-state index in [1.165, 1.54) is 18.5 Å². The highest BCUT2D eigenvalue weighted by molar-refractivity contribution is 6.01. The van der Waals surface area contributed by atoms with Crippen LogP contribution in [0.3, 0.4) is 0 Å². The van der Waals surface area contributed by atoms with E-state index in [1.807, 2.05) is 18.3 Å². The van der Waals surface area contributed by atoms with E-state index in [1.54, 1.807) is 13.3 Å². The fraction of sp³-hybridized carbons (Fsp3) is 0.400. The highest BCUT2D eigenvalue weighted by Crippen LogP contribution is 2.36. The fourth-order valence-corrected chi connectivity index (χ4v) is 2.52. The number of pyridine rings is 1. The lowest BCUT2D eigenvalue weighted by Gasteiger charge is -2.26. The van der Waals surface area contributed by atoms with Crippen molar-refractivity contribution in [2.45, 2.75) is 18.9 Å². The smallest absolute Gasteiger partial charge is 0.0637 e. The summed E-state index contributed by atoms with van der Waals surface area (Å²) < 4.78 is 5.23. The van der Waals surface area contributed by atoms with Crippen molar-refractivity contribution in [3.63, 3.8) is 0 Å². The maximum Gasteiger partial charge on any atom is 0.0637 e. The van der Waals surface area contributed by atoms with Crippen LogP contribution in [0, 0.1) is 0 Å². The summed E-state index contributed by atoms with van der Waals surface area (Å²) in [4.78, 5) is 6.67. The third-order valence-corrected chi connectivity index (χ3v) is 3.66. The van der Waals surface area contributed by atoms with Gasteiger partial charge in [-0.15, -0.1) is 0 Å². The lowest BCUT2D eigenvalue weighted by Crippen LogP contribution is -2.29. The largest absolute Gasteiger partial charge is 0.398 e. The summed E-state index contributed by atoms with van der Waals surface area (Å²) >= 11 is 0. The number of rotatable bonds is 5. The summed E-state index contributed by atoms with van der Waals surface area (Å²) in [5.41, 5.74) is 8.07. The van der Waals surface area contributed by atoms with Crippen LogP contribution in [-0.2, 0) is 4.74 Å². The van der Waals surface area contributed by atoms with Crippen molar-refractivity contribution in [2.75, 3.05) is 30.9 Å². The van der Waals surface area contributed by atoms with Gasteiger partial charge < -0.3 is 15.4 Å². The summed E-state index contributed by atoms with van der Waals surface area (Å²) in [6, 6.07) is 6.71. The monoisotopic (exact) mass is 257 g/mol. The van der Waals surface area contributed by atoms with E-state index in [4.69, 9.17) is 10.5 Å². The molecule has 0 bridgehead atoms. The van der Waals surface area contributed by atoms with Gasteiger partial charge in [0.25, 0.3) is 0 Å². The minimum Gasteiger partial charge on any atom is -0.398 e. The molecule has 0 atom stereocenters. The predicted octanol–water partition coefficient (Wildman–Crippen LogP) is 2.43. The average molecular weight is 257 g/mol. The van der Waals surface area contributed by atoms with Gasteiger partial charge in [-0.25, -0.2) is 0 Å². The topological polar surface area (TPSA) is 51.4 Å². The van der Waals surface area contributed by atoms with Gasteiger partial charge in [0, 0.05) is 54.2 Å². The molecule has 19 heavy (non-hydrogen) atoms. The number of nitrogens with two attached hydrogens (primary N) is 1. The quantitative estimate of drug-likeness (QED) is 0.836. The van der Waals surface area contributed by atoms with Crippen LogP contribution in [0.1, 0.15) is 12.8 Å². The van der Waals surface area contributed by atoms with Gasteiger partial charge in [0.2, 0.25) is 0 Å². The van der Waals surface area contributed by atoms with E-state index >= 15 is 0 Å². The fourth-order valence-electron chi connectivity index (χ4n) is 2.52. The zero-order chi connectivity index (χ0) is 13.2. The third kappa shape index (κ3) is 2.36. The lowest BCUT2D eigenvalue weighted by atomic mass is 10.1. The number of hydrogen-bond donors (Lipinski definition) is 1. The molecule has 0 aliphatic heterocycles. The number of ether oxygens (including phenoxy) is 1. The van der Waals surface area contributed by atoms with Crippen LogP contribution in [0.15, 0.2) is 30.6 Å². The first-order chi connectivity index (χ1) is 9.31. The summed E-state index contributed by atoms with van der Waals surface area (Å²) in [7, 11) is 1.74. The Bertz CT molecular complexity index is 581. The molecule has 1 aliphatic rings. The van der Waals surface area contributed by atoms with Crippen LogP contribution in [-0.4, -0.2) is 31.3 Å². The molecule has 2 N–H and O–H groups in total. The molecule has 0 radical (unpaired) electrons. The summed E-state index contributed by atoms with van der Waals surface area (Å²) in [6.45, 7) is 1.65. The number of nitrogens with zero attached hydrogens (tertiary/aromatic N) is 2. The summed E-state index contributed by atoms with van der Waals surface area (Å²) in [5, 5.41) is 2.21. The van der Waals surface area contributed by atoms with Crippen LogP contribution >= 0.6 is 0 Å². The van der Waals surface area contributed by atoms with Gasteiger partial charge in [-0.2, -0.15) is 0 Å². The molecule has 0 amide bonds. The SMILES string of the molecule is COCCN(c1ccc(N)c2ccncc12)C1CC1. The van der Waals surface area contributed by atoms with E-state index in [-0.39, 0.29) is 0 Å². The van der Waals surface area contributed by atoms with Crippen LogP contribution in [0.5, 0.6) is 0 Å². The number of hydrogen-bond acceptors (Lipinski definition) is 4. The van der Waals surface area contributed by atoms with Crippen molar-refractivity contribution in [3.05, 3.63) is 30.6 Å². The van der Waals surface area contributed by atoms with Gasteiger partial charge in [-0.05, 0) is 31.0 Å². The maximum atomic E-state index is 6.05. The summed E-state index contributed by atoms with van der Waals surface area (Å²) in [5.74, 6) is 0. The minimum atomic E-state index is 0.641. The second kappa shape index (κ2) is 5.05. The van der Waals surface area contributed by atoms with Crippen molar-refractivity contribution in [1.29, 1.82) is 0 Å². The van der Waals surface area contributed by atoms with Gasteiger partial charge >= 0.3 is 0 Å². The van der Waals surface area contributed by atoms with Crippen molar-refractivity contribution in [1.82, 2.24) is 4.98 Å². The molecule has 2 aromatic rings. The van der Waals surface area contributed by atoms with Crippen molar-refractivity contribution < 1.29 is 4.74 Å². The molecule has 4 nitrogen and oxygen atoms in total. The van der Waals surface area contributed by atoms with Crippen molar-refractivity contribution in [2.24, 2.45) is 0 Å². The Kier molecular flexibility index (Phi) is 3.25. The first-order valence-electron chi connectivity index (χ1n) is 6.69.